The molecule has 0 fully saturated rings. The van der Waals surface area contributed by atoms with Crippen LogP contribution in [-0.4, -0.2) is 18.1 Å². The van der Waals surface area contributed by atoms with Crippen LogP contribution < -0.4 is 5.32 Å². The van der Waals surface area contributed by atoms with Crippen LogP contribution >= 0.6 is 11.6 Å². The summed E-state index contributed by atoms with van der Waals surface area (Å²) < 4.78 is 5.65. The fraction of sp³-hybridized carbons (Fsp3) is 0.500. The molecule has 0 bridgehead atoms. The maximum Gasteiger partial charge on any atom is 0.338 e. The van der Waals surface area contributed by atoms with E-state index in [1.54, 1.807) is 0 Å². The fourth-order valence-electron chi connectivity index (χ4n) is 4.59. The lowest BCUT2D eigenvalue weighted by Crippen LogP contribution is -2.24. The van der Waals surface area contributed by atoms with Crippen LogP contribution in [0.5, 0.6) is 0 Å². The lowest BCUT2D eigenvalue weighted by Gasteiger charge is -2.22. The van der Waals surface area contributed by atoms with Crippen LogP contribution in [0.25, 0.3) is 21.5 Å². The normalized spacial score (nSPS) is 11.8. The van der Waals surface area contributed by atoms with E-state index in [4.69, 9.17) is 16.3 Å². The number of nitrogens with one attached hydrogen (secondary N) is 1. The summed E-state index contributed by atoms with van der Waals surface area (Å²) in [7, 11) is 0. The van der Waals surface area contributed by atoms with Gasteiger partial charge in [0, 0.05) is 28.1 Å². The third-order valence-corrected chi connectivity index (χ3v) is 6.73. The van der Waals surface area contributed by atoms with Gasteiger partial charge in [-0.1, -0.05) is 93.8 Å². The Kier molecular flexibility index (Phi) is 9.24. The first-order valence-electron chi connectivity index (χ1n) is 12.9. The molecule has 0 saturated heterocycles. The minimum absolute atomic E-state index is 0.315. The van der Waals surface area contributed by atoms with Crippen LogP contribution in [0, 0.1) is 6.92 Å². The number of ether oxygens (including phenoxy) is 1. The molecule has 34 heavy (non-hydrogen) atoms. The number of unbranched alkanes of at least 4 members (excludes halogenated alkanes) is 7. The Morgan fingerprint density at radius 1 is 0.882 bits per heavy atom. The summed E-state index contributed by atoms with van der Waals surface area (Å²) in [5.74, 6) is -0.315. The van der Waals surface area contributed by atoms with Crippen LogP contribution in [0.3, 0.4) is 0 Å². The van der Waals surface area contributed by atoms with E-state index in [2.05, 4.69) is 24.4 Å². The first-order valence-corrected chi connectivity index (χ1v) is 13.2. The fourth-order valence-corrected chi connectivity index (χ4v) is 5.00. The number of rotatable bonds is 11. The molecule has 184 valence electrons. The van der Waals surface area contributed by atoms with E-state index in [1.807, 2.05) is 52.0 Å². The maximum atomic E-state index is 12.9. The number of carbonyl (C=O) groups excluding carboxylic acids is 1. The van der Waals surface area contributed by atoms with E-state index in [0.717, 1.165) is 45.8 Å². The molecule has 3 rings (SSSR count). The van der Waals surface area contributed by atoms with Gasteiger partial charge in [-0.2, -0.15) is 0 Å². The van der Waals surface area contributed by atoms with Crippen LogP contribution in [0.4, 0.5) is 5.69 Å². The predicted molar refractivity (Wildman–Crippen MR) is 147 cm³/mol. The van der Waals surface area contributed by atoms with Gasteiger partial charge in [0.2, 0.25) is 0 Å². The van der Waals surface area contributed by atoms with Crippen molar-refractivity contribution in [2.45, 2.75) is 91.6 Å². The molecule has 1 N–H and O–H groups in total. The van der Waals surface area contributed by atoms with Gasteiger partial charge >= 0.3 is 5.97 Å². The Morgan fingerprint density at radius 3 is 2.15 bits per heavy atom. The maximum absolute atomic E-state index is 12.9. The van der Waals surface area contributed by atoms with E-state index < -0.39 is 5.60 Å². The van der Waals surface area contributed by atoms with Crippen molar-refractivity contribution in [1.82, 2.24) is 0 Å². The number of hydrogen-bond acceptors (Lipinski definition) is 3. The van der Waals surface area contributed by atoms with Crippen molar-refractivity contribution in [2.75, 3.05) is 11.9 Å². The van der Waals surface area contributed by atoms with Crippen LogP contribution in [-0.2, 0) is 4.74 Å². The van der Waals surface area contributed by atoms with Gasteiger partial charge in [0.1, 0.15) is 5.60 Å². The van der Waals surface area contributed by atoms with Crippen LogP contribution in [0.15, 0.2) is 36.4 Å². The highest BCUT2D eigenvalue weighted by Gasteiger charge is 2.22. The van der Waals surface area contributed by atoms with Crippen molar-refractivity contribution >= 4 is 44.8 Å². The molecular weight excluding hydrogens is 442 g/mol. The number of aryl methyl sites for hydroxylation is 1. The molecule has 0 radical (unpaired) electrons. The monoisotopic (exact) mass is 481 g/mol. The highest BCUT2D eigenvalue weighted by molar-refractivity contribution is 6.42. The quantitative estimate of drug-likeness (QED) is 0.168. The standard InChI is InChI=1S/C30H40ClNO2/c1-6-7-8-9-10-11-12-15-20-32-28-24-17-14-13-16-23(24)27(31)26-21(2)22(18-19-25(26)28)29(33)34-30(3,4)5/h13-14,16-19,32H,6-12,15,20H2,1-5H3. The van der Waals surface area contributed by atoms with E-state index in [9.17, 15) is 4.79 Å². The summed E-state index contributed by atoms with van der Waals surface area (Å²) in [6.07, 6.45) is 10.4. The number of carbonyl (C=O) groups is 1. The molecule has 4 heteroatoms. The van der Waals surface area contributed by atoms with Crippen molar-refractivity contribution in [3.05, 3.63) is 52.5 Å². The van der Waals surface area contributed by atoms with Gasteiger partial charge in [-0.25, -0.2) is 4.79 Å². The molecule has 0 atom stereocenters. The molecule has 0 aliphatic rings. The summed E-state index contributed by atoms with van der Waals surface area (Å²) in [4.78, 5) is 12.9. The second-order valence-electron chi connectivity index (χ2n) is 10.3. The van der Waals surface area contributed by atoms with Gasteiger partial charge in [-0.3, -0.25) is 0 Å². The molecule has 3 nitrogen and oxygen atoms in total. The van der Waals surface area contributed by atoms with Gasteiger partial charge in [-0.05, 0) is 45.7 Å². The molecular formula is C30H40ClNO2. The zero-order chi connectivity index (χ0) is 24.7. The van der Waals surface area contributed by atoms with Gasteiger partial charge in [0.15, 0.2) is 0 Å². The van der Waals surface area contributed by atoms with Gasteiger partial charge in [0.25, 0.3) is 0 Å². The van der Waals surface area contributed by atoms with Crippen LogP contribution in [0.2, 0.25) is 5.02 Å². The Balaban J connectivity index is 1.86. The van der Waals surface area contributed by atoms with Crippen molar-refractivity contribution < 1.29 is 9.53 Å². The van der Waals surface area contributed by atoms with Gasteiger partial charge in [-0.15, -0.1) is 0 Å². The molecule has 0 aromatic heterocycles. The lowest BCUT2D eigenvalue weighted by atomic mass is 9.94. The van der Waals surface area contributed by atoms with E-state index in [-0.39, 0.29) is 5.97 Å². The second kappa shape index (κ2) is 11.9. The molecule has 0 aliphatic heterocycles. The minimum Gasteiger partial charge on any atom is -0.456 e. The Labute approximate surface area is 210 Å². The summed E-state index contributed by atoms with van der Waals surface area (Å²) in [6.45, 7) is 10.8. The topological polar surface area (TPSA) is 38.3 Å². The Hall–Kier alpha value is -2.26. The molecule has 0 amide bonds. The van der Waals surface area contributed by atoms with E-state index >= 15 is 0 Å². The number of anilines is 1. The average molecular weight is 482 g/mol. The minimum atomic E-state index is -0.547. The third-order valence-electron chi connectivity index (χ3n) is 6.34. The zero-order valence-electron chi connectivity index (χ0n) is 21.5. The lowest BCUT2D eigenvalue weighted by molar-refractivity contribution is 0.00689. The number of benzene rings is 3. The average Bonchev–Trinajstić information content (AvgIpc) is 2.78. The van der Waals surface area contributed by atoms with Crippen molar-refractivity contribution in [2.24, 2.45) is 0 Å². The largest absolute Gasteiger partial charge is 0.456 e. The molecule has 0 unspecified atom stereocenters. The molecule has 3 aromatic rings. The Bertz CT molecular complexity index is 1130. The number of esters is 1. The Morgan fingerprint density at radius 2 is 1.50 bits per heavy atom. The van der Waals surface area contributed by atoms with E-state index in [0.29, 0.717) is 10.6 Å². The van der Waals surface area contributed by atoms with Crippen molar-refractivity contribution in [3.63, 3.8) is 0 Å². The highest BCUT2D eigenvalue weighted by atomic mass is 35.5. The zero-order valence-corrected chi connectivity index (χ0v) is 22.3. The summed E-state index contributed by atoms with van der Waals surface area (Å²) >= 11 is 6.94. The van der Waals surface area contributed by atoms with Crippen LogP contribution in [0.1, 0.15) is 95.0 Å². The van der Waals surface area contributed by atoms with E-state index in [1.165, 1.54) is 44.9 Å². The molecule has 0 aliphatic carbocycles. The highest BCUT2D eigenvalue weighted by Crippen LogP contribution is 2.41. The molecule has 3 aromatic carbocycles. The first kappa shape index (κ1) is 26.3. The first-order chi connectivity index (χ1) is 16.2. The summed E-state index contributed by atoms with van der Waals surface area (Å²) in [5.41, 5.74) is 1.97. The molecule has 0 spiro atoms. The third kappa shape index (κ3) is 6.44. The van der Waals surface area contributed by atoms with Crippen molar-refractivity contribution in [1.29, 1.82) is 0 Å². The number of fused-ring (bicyclic) bond motifs is 2. The second-order valence-corrected chi connectivity index (χ2v) is 10.7. The summed E-state index contributed by atoms with van der Waals surface area (Å²) in [6, 6.07) is 12.1. The molecule has 0 heterocycles. The predicted octanol–water partition coefficient (Wildman–Crippen LogP) is 9.46. The summed E-state index contributed by atoms with van der Waals surface area (Å²) in [5, 5.41) is 8.48. The van der Waals surface area contributed by atoms with Gasteiger partial charge < -0.3 is 10.1 Å². The smallest absolute Gasteiger partial charge is 0.338 e. The SMILES string of the molecule is CCCCCCCCCCNc1c2ccccc2c(Cl)c2c(C)c(C(=O)OC(C)(C)C)ccc12. The molecule has 0 saturated carbocycles. The van der Waals surface area contributed by atoms with Gasteiger partial charge in [0.05, 0.1) is 16.3 Å². The van der Waals surface area contributed by atoms with Crippen molar-refractivity contribution in [3.8, 4) is 0 Å². The number of halogens is 1. The number of hydrogen-bond donors (Lipinski definition) is 1.